The van der Waals surface area contributed by atoms with Crippen LogP contribution in [0.25, 0.3) is 0 Å². The number of benzene rings is 1. The van der Waals surface area contributed by atoms with E-state index in [1.165, 1.54) is 6.92 Å². The lowest BCUT2D eigenvalue weighted by Crippen LogP contribution is -2.28. The van der Waals surface area contributed by atoms with Crippen molar-refractivity contribution in [1.82, 2.24) is 0 Å². The Balaban J connectivity index is 2.98. The van der Waals surface area contributed by atoms with Crippen LogP contribution in [0.15, 0.2) is 18.2 Å². The summed E-state index contributed by atoms with van der Waals surface area (Å²) in [6.45, 7) is 3.46. The number of nitriles is 1. The fourth-order valence-corrected chi connectivity index (χ4v) is 1.84. The van der Waals surface area contributed by atoms with E-state index in [4.69, 9.17) is 16.9 Å². The van der Waals surface area contributed by atoms with E-state index in [0.717, 1.165) is 5.69 Å². The summed E-state index contributed by atoms with van der Waals surface area (Å²) in [5.41, 5.74) is 1.43. The number of nitrogens with zero attached hydrogens (tertiary/aromatic N) is 2. The third-order valence-electron chi connectivity index (χ3n) is 2.79. The van der Waals surface area contributed by atoms with E-state index in [0.29, 0.717) is 17.0 Å². The number of ketones is 1. The lowest BCUT2D eigenvalue weighted by atomic mass is 10.1. The third-order valence-corrected chi connectivity index (χ3v) is 3.10. The molecule has 0 N–H and O–H groups in total. The number of halogens is 1. The molecule has 3 nitrogen and oxygen atoms in total. The summed E-state index contributed by atoms with van der Waals surface area (Å²) in [4.78, 5) is 13.2. The Morgan fingerprint density at radius 2 is 2.24 bits per heavy atom. The normalized spacial score (nSPS) is 11.7. The number of carbonyl (C=O) groups excluding carboxylic acids is 1. The predicted molar refractivity (Wildman–Crippen MR) is 69.6 cm³/mol. The zero-order valence-electron chi connectivity index (χ0n) is 10.2. The van der Waals surface area contributed by atoms with Crippen molar-refractivity contribution < 1.29 is 4.79 Å². The maximum atomic E-state index is 11.2. The summed E-state index contributed by atoms with van der Waals surface area (Å²) < 4.78 is 0. The molecule has 0 fully saturated rings. The summed E-state index contributed by atoms with van der Waals surface area (Å²) in [5, 5.41) is 9.11. The lowest BCUT2D eigenvalue weighted by molar-refractivity contribution is 0.101. The first kappa shape index (κ1) is 13.5. The van der Waals surface area contributed by atoms with Crippen LogP contribution in [0, 0.1) is 11.3 Å². The van der Waals surface area contributed by atoms with E-state index < -0.39 is 0 Å². The number of rotatable bonds is 4. The van der Waals surface area contributed by atoms with E-state index in [1.807, 2.05) is 24.9 Å². The fourth-order valence-electron chi connectivity index (χ4n) is 1.53. The Bertz CT molecular complexity index is 465. The number of carbonyl (C=O) groups is 1. The molecule has 0 saturated heterocycles. The van der Waals surface area contributed by atoms with Gasteiger partial charge in [-0.15, -0.1) is 0 Å². The zero-order chi connectivity index (χ0) is 13.0. The predicted octanol–water partition coefficient (Wildman–Crippen LogP) is 3.28. The maximum absolute atomic E-state index is 11.2. The van der Waals surface area contributed by atoms with Crippen LogP contribution in [-0.4, -0.2) is 18.9 Å². The Labute approximate surface area is 107 Å². The van der Waals surface area contributed by atoms with Crippen LogP contribution in [0.1, 0.15) is 30.6 Å². The summed E-state index contributed by atoms with van der Waals surface area (Å²) in [7, 11) is 1.90. The Morgan fingerprint density at radius 1 is 1.59 bits per heavy atom. The van der Waals surface area contributed by atoms with Crippen molar-refractivity contribution in [2.24, 2.45) is 0 Å². The van der Waals surface area contributed by atoms with Gasteiger partial charge in [0.2, 0.25) is 0 Å². The number of hydrogen-bond acceptors (Lipinski definition) is 3. The molecule has 1 unspecified atom stereocenters. The number of hydrogen-bond donors (Lipinski definition) is 0. The zero-order valence-corrected chi connectivity index (χ0v) is 11.0. The highest BCUT2D eigenvalue weighted by Crippen LogP contribution is 2.25. The minimum absolute atomic E-state index is 0.0470. The Hall–Kier alpha value is -1.53. The van der Waals surface area contributed by atoms with Crippen LogP contribution >= 0.6 is 11.6 Å². The molecular weight excluding hydrogens is 236 g/mol. The Kier molecular flexibility index (Phi) is 4.53. The van der Waals surface area contributed by atoms with Crippen LogP contribution in [0.2, 0.25) is 5.02 Å². The molecule has 0 bridgehead atoms. The molecule has 0 heterocycles. The van der Waals surface area contributed by atoms with Gasteiger partial charge in [-0.3, -0.25) is 4.79 Å². The molecule has 0 saturated carbocycles. The summed E-state index contributed by atoms with van der Waals surface area (Å²) in [6.07, 6.45) is 0.447. The fraction of sp³-hybridized carbons (Fsp3) is 0.385. The smallest absolute Gasteiger partial charge is 0.161 e. The second-order valence-corrected chi connectivity index (χ2v) is 4.45. The molecule has 0 aliphatic heterocycles. The van der Waals surface area contributed by atoms with Gasteiger partial charge in [0.05, 0.1) is 17.5 Å². The average Bonchev–Trinajstić information content (AvgIpc) is 2.27. The molecule has 0 radical (unpaired) electrons. The second-order valence-electron chi connectivity index (χ2n) is 4.04. The molecule has 0 aromatic heterocycles. The molecule has 0 aliphatic carbocycles. The SMILES string of the molecule is CC(=O)c1ccc(N(C)C(C)CC#N)cc1Cl. The van der Waals surface area contributed by atoms with Crippen molar-refractivity contribution in [3.05, 3.63) is 28.8 Å². The van der Waals surface area contributed by atoms with Crippen LogP contribution in [-0.2, 0) is 0 Å². The lowest BCUT2D eigenvalue weighted by Gasteiger charge is -2.25. The molecule has 0 aliphatic rings. The molecular formula is C13H15ClN2O. The van der Waals surface area contributed by atoms with Gasteiger partial charge in [0, 0.05) is 24.3 Å². The van der Waals surface area contributed by atoms with Crippen molar-refractivity contribution in [1.29, 1.82) is 5.26 Å². The van der Waals surface area contributed by atoms with Gasteiger partial charge in [0.15, 0.2) is 5.78 Å². The van der Waals surface area contributed by atoms with Gasteiger partial charge in [0.25, 0.3) is 0 Å². The van der Waals surface area contributed by atoms with Gasteiger partial charge in [-0.05, 0) is 32.0 Å². The van der Waals surface area contributed by atoms with E-state index >= 15 is 0 Å². The summed E-state index contributed by atoms with van der Waals surface area (Å²) in [5.74, 6) is -0.0470. The van der Waals surface area contributed by atoms with Crippen LogP contribution in [0.4, 0.5) is 5.69 Å². The molecule has 1 aromatic rings. The Morgan fingerprint density at radius 3 is 2.71 bits per heavy atom. The van der Waals surface area contributed by atoms with Crippen LogP contribution in [0.5, 0.6) is 0 Å². The molecule has 90 valence electrons. The first-order chi connectivity index (χ1) is 7.97. The second kappa shape index (κ2) is 5.70. The minimum Gasteiger partial charge on any atom is -0.371 e. The van der Waals surface area contributed by atoms with Gasteiger partial charge < -0.3 is 4.90 Å². The largest absolute Gasteiger partial charge is 0.371 e. The number of anilines is 1. The molecule has 17 heavy (non-hydrogen) atoms. The van der Waals surface area contributed by atoms with Gasteiger partial charge >= 0.3 is 0 Å². The quantitative estimate of drug-likeness (QED) is 0.771. The highest BCUT2D eigenvalue weighted by atomic mass is 35.5. The van der Waals surface area contributed by atoms with E-state index in [1.54, 1.807) is 12.1 Å². The average molecular weight is 251 g/mol. The van der Waals surface area contributed by atoms with Gasteiger partial charge in [-0.2, -0.15) is 5.26 Å². The van der Waals surface area contributed by atoms with Crippen molar-refractivity contribution in [2.45, 2.75) is 26.3 Å². The topological polar surface area (TPSA) is 44.1 Å². The molecule has 1 aromatic carbocycles. The van der Waals surface area contributed by atoms with Crippen molar-refractivity contribution in [3.63, 3.8) is 0 Å². The standard InChI is InChI=1S/C13H15ClN2O/c1-9(6-7-15)16(3)11-4-5-12(10(2)17)13(14)8-11/h4-5,8-9H,6H2,1-3H3. The maximum Gasteiger partial charge on any atom is 0.161 e. The van der Waals surface area contributed by atoms with Gasteiger partial charge in [-0.25, -0.2) is 0 Å². The first-order valence-electron chi connectivity index (χ1n) is 5.37. The molecule has 1 rings (SSSR count). The van der Waals surface area contributed by atoms with E-state index in [2.05, 4.69) is 6.07 Å². The molecule has 0 amide bonds. The molecule has 0 spiro atoms. The van der Waals surface area contributed by atoms with Crippen molar-refractivity contribution in [2.75, 3.05) is 11.9 Å². The number of Topliss-reactive ketones (excluding diaryl/α,β-unsaturated/α-hetero) is 1. The van der Waals surface area contributed by atoms with Gasteiger partial charge in [0.1, 0.15) is 0 Å². The van der Waals surface area contributed by atoms with Crippen molar-refractivity contribution >= 4 is 23.1 Å². The summed E-state index contributed by atoms with van der Waals surface area (Å²) in [6, 6.07) is 7.56. The molecule has 1 atom stereocenters. The van der Waals surface area contributed by atoms with E-state index in [9.17, 15) is 4.79 Å². The monoisotopic (exact) mass is 250 g/mol. The van der Waals surface area contributed by atoms with Crippen molar-refractivity contribution in [3.8, 4) is 6.07 Å². The van der Waals surface area contributed by atoms with Gasteiger partial charge in [-0.1, -0.05) is 11.6 Å². The van der Waals surface area contributed by atoms with Crippen LogP contribution in [0.3, 0.4) is 0 Å². The van der Waals surface area contributed by atoms with Crippen LogP contribution < -0.4 is 4.90 Å². The first-order valence-corrected chi connectivity index (χ1v) is 5.75. The van der Waals surface area contributed by atoms with E-state index in [-0.39, 0.29) is 11.8 Å². The minimum atomic E-state index is -0.0470. The summed E-state index contributed by atoms with van der Waals surface area (Å²) >= 11 is 6.04. The highest BCUT2D eigenvalue weighted by molar-refractivity contribution is 6.34. The molecule has 4 heteroatoms. The highest BCUT2D eigenvalue weighted by Gasteiger charge is 2.12. The third kappa shape index (κ3) is 3.21.